The van der Waals surface area contributed by atoms with Crippen LogP contribution in [0.1, 0.15) is 37.4 Å². The first kappa shape index (κ1) is 23.9. The summed E-state index contributed by atoms with van der Waals surface area (Å²) < 4.78 is 11.4. The van der Waals surface area contributed by atoms with E-state index in [-0.39, 0.29) is 24.2 Å². The van der Waals surface area contributed by atoms with E-state index in [1.807, 2.05) is 67.6 Å². The zero-order valence-electron chi connectivity index (χ0n) is 20.0. The van der Waals surface area contributed by atoms with Crippen molar-refractivity contribution < 1.29 is 19.1 Å². The Kier molecular flexibility index (Phi) is 7.40. The first-order valence-electron chi connectivity index (χ1n) is 11.4. The fourth-order valence-corrected chi connectivity index (χ4v) is 3.86. The van der Waals surface area contributed by atoms with Gasteiger partial charge in [-0.1, -0.05) is 24.3 Å². The second kappa shape index (κ2) is 10.8. The van der Waals surface area contributed by atoms with Crippen LogP contribution in [-0.4, -0.2) is 35.5 Å². The number of hydrazone groups is 1. The lowest BCUT2D eigenvalue weighted by molar-refractivity contribution is -0.118. The lowest BCUT2D eigenvalue weighted by Gasteiger charge is -2.20. The molecule has 0 spiro atoms. The number of benzene rings is 2. The second-order valence-corrected chi connectivity index (χ2v) is 8.31. The summed E-state index contributed by atoms with van der Waals surface area (Å²) >= 11 is 0. The first-order valence-corrected chi connectivity index (χ1v) is 11.4. The molecule has 0 aliphatic carbocycles. The first-order chi connectivity index (χ1) is 17.0. The SMILES string of the molecule is COc1cc(C(C)NC(=O)C2=NN(c3ccccc3)C(C(C)=O)C2)ccc1OCc1ccncc1. The molecule has 1 aliphatic rings. The highest BCUT2D eigenvalue weighted by Gasteiger charge is 2.34. The van der Waals surface area contributed by atoms with Crippen molar-refractivity contribution in [2.75, 3.05) is 12.1 Å². The molecular weight excluding hydrogens is 444 g/mol. The molecule has 35 heavy (non-hydrogen) atoms. The maximum Gasteiger partial charge on any atom is 0.268 e. The highest BCUT2D eigenvalue weighted by molar-refractivity contribution is 6.40. The predicted octanol–water partition coefficient (Wildman–Crippen LogP) is 4.07. The summed E-state index contributed by atoms with van der Waals surface area (Å²) in [6, 6.07) is 17.9. The zero-order chi connectivity index (χ0) is 24.8. The summed E-state index contributed by atoms with van der Waals surface area (Å²) in [5.74, 6) is 0.831. The van der Waals surface area contributed by atoms with E-state index in [1.54, 1.807) is 24.5 Å². The second-order valence-electron chi connectivity index (χ2n) is 8.31. The van der Waals surface area contributed by atoms with E-state index in [0.717, 1.165) is 16.8 Å². The number of para-hydroxylation sites is 1. The van der Waals surface area contributed by atoms with E-state index in [2.05, 4.69) is 15.4 Å². The standard InChI is InChI=1S/C27H28N4O4/c1-18(21-9-10-25(26(15-21)34-3)35-17-20-11-13-28-14-12-20)29-27(33)23-16-24(19(2)32)31(30-23)22-7-5-4-6-8-22/h4-15,18,24H,16-17H2,1-3H3,(H,29,33). The molecule has 0 saturated carbocycles. The molecule has 1 aromatic heterocycles. The summed E-state index contributed by atoms with van der Waals surface area (Å²) in [6.45, 7) is 3.79. The third-order valence-corrected chi connectivity index (χ3v) is 5.84. The van der Waals surface area contributed by atoms with Crippen molar-refractivity contribution in [1.82, 2.24) is 10.3 Å². The van der Waals surface area contributed by atoms with Gasteiger partial charge in [0, 0.05) is 18.8 Å². The Hall–Kier alpha value is -4.20. The van der Waals surface area contributed by atoms with Gasteiger partial charge in [0.25, 0.3) is 5.91 Å². The average Bonchev–Trinajstić information content (AvgIpc) is 3.35. The van der Waals surface area contributed by atoms with Crippen molar-refractivity contribution in [3.8, 4) is 11.5 Å². The normalized spacial score (nSPS) is 15.8. The number of carbonyl (C=O) groups excluding carboxylic acids is 2. The molecule has 180 valence electrons. The highest BCUT2D eigenvalue weighted by atomic mass is 16.5. The van der Waals surface area contributed by atoms with Crippen molar-refractivity contribution in [2.45, 2.75) is 39.0 Å². The van der Waals surface area contributed by atoms with Crippen LogP contribution < -0.4 is 19.8 Å². The van der Waals surface area contributed by atoms with E-state index in [0.29, 0.717) is 23.8 Å². The molecule has 2 unspecified atom stereocenters. The molecule has 0 radical (unpaired) electrons. The Bertz CT molecular complexity index is 1210. The maximum absolute atomic E-state index is 13.0. The number of nitrogens with zero attached hydrogens (tertiary/aromatic N) is 3. The quantitative estimate of drug-likeness (QED) is 0.505. The fourth-order valence-electron chi connectivity index (χ4n) is 3.86. The van der Waals surface area contributed by atoms with Crippen LogP contribution in [0.4, 0.5) is 5.69 Å². The molecule has 4 rings (SSSR count). The number of anilines is 1. The van der Waals surface area contributed by atoms with Crippen LogP contribution in [0.25, 0.3) is 0 Å². The molecule has 0 fully saturated rings. The number of hydrogen-bond acceptors (Lipinski definition) is 7. The number of ether oxygens (including phenoxy) is 2. The lowest BCUT2D eigenvalue weighted by Crippen LogP contribution is -2.35. The Morgan fingerprint density at radius 3 is 2.51 bits per heavy atom. The van der Waals surface area contributed by atoms with Crippen molar-refractivity contribution in [2.24, 2.45) is 5.10 Å². The number of nitrogens with one attached hydrogen (secondary N) is 1. The van der Waals surface area contributed by atoms with E-state index in [4.69, 9.17) is 9.47 Å². The minimum atomic E-state index is -0.495. The molecule has 2 heterocycles. The number of Topliss-reactive ketones (excluding diaryl/α,β-unsaturated/α-hetero) is 1. The lowest BCUT2D eigenvalue weighted by atomic mass is 10.0. The molecular formula is C27H28N4O4. The topological polar surface area (TPSA) is 93.1 Å². The Balaban J connectivity index is 1.44. The summed E-state index contributed by atoms with van der Waals surface area (Å²) in [4.78, 5) is 29.2. The zero-order valence-corrected chi connectivity index (χ0v) is 20.0. The van der Waals surface area contributed by atoms with E-state index in [1.165, 1.54) is 6.92 Å². The number of methoxy groups -OCH3 is 1. The van der Waals surface area contributed by atoms with Crippen LogP contribution in [-0.2, 0) is 16.2 Å². The third-order valence-electron chi connectivity index (χ3n) is 5.84. The molecule has 8 heteroatoms. The Morgan fingerprint density at radius 1 is 1.09 bits per heavy atom. The number of amides is 1. The molecule has 8 nitrogen and oxygen atoms in total. The fraction of sp³-hybridized carbons (Fsp3) is 0.259. The Morgan fingerprint density at radius 2 is 1.83 bits per heavy atom. The van der Waals surface area contributed by atoms with Crippen LogP contribution in [0, 0.1) is 0 Å². The van der Waals surface area contributed by atoms with Gasteiger partial charge >= 0.3 is 0 Å². The molecule has 1 aliphatic heterocycles. The number of rotatable bonds is 9. The molecule has 2 aromatic carbocycles. The van der Waals surface area contributed by atoms with Gasteiger partial charge in [-0.3, -0.25) is 19.6 Å². The Labute approximate surface area is 204 Å². The molecule has 1 amide bonds. The molecule has 3 aromatic rings. The number of carbonyl (C=O) groups is 2. The van der Waals surface area contributed by atoms with Crippen LogP contribution in [0.5, 0.6) is 11.5 Å². The largest absolute Gasteiger partial charge is 0.493 e. The van der Waals surface area contributed by atoms with Crippen LogP contribution in [0.3, 0.4) is 0 Å². The van der Waals surface area contributed by atoms with Crippen molar-refractivity contribution >= 4 is 23.1 Å². The molecule has 2 atom stereocenters. The van der Waals surface area contributed by atoms with E-state index < -0.39 is 6.04 Å². The van der Waals surface area contributed by atoms with Crippen molar-refractivity contribution in [3.05, 3.63) is 84.2 Å². The van der Waals surface area contributed by atoms with E-state index >= 15 is 0 Å². The average molecular weight is 473 g/mol. The summed E-state index contributed by atoms with van der Waals surface area (Å²) in [7, 11) is 1.58. The summed E-state index contributed by atoms with van der Waals surface area (Å²) in [5, 5.41) is 9.09. The van der Waals surface area contributed by atoms with Crippen LogP contribution in [0.2, 0.25) is 0 Å². The summed E-state index contributed by atoms with van der Waals surface area (Å²) in [6.07, 6.45) is 3.69. The van der Waals surface area contributed by atoms with Gasteiger partial charge in [-0.25, -0.2) is 0 Å². The van der Waals surface area contributed by atoms with Crippen LogP contribution in [0.15, 0.2) is 78.2 Å². The number of ketones is 1. The monoisotopic (exact) mass is 472 g/mol. The van der Waals surface area contributed by atoms with Gasteiger partial charge in [0.2, 0.25) is 0 Å². The van der Waals surface area contributed by atoms with Gasteiger partial charge in [-0.05, 0) is 61.4 Å². The van der Waals surface area contributed by atoms with Crippen molar-refractivity contribution in [3.63, 3.8) is 0 Å². The highest BCUT2D eigenvalue weighted by Crippen LogP contribution is 2.31. The molecule has 1 N–H and O–H groups in total. The predicted molar refractivity (Wildman–Crippen MR) is 134 cm³/mol. The van der Waals surface area contributed by atoms with Gasteiger partial charge in [-0.2, -0.15) is 5.10 Å². The third kappa shape index (κ3) is 5.66. The molecule has 0 bridgehead atoms. The van der Waals surface area contributed by atoms with Crippen molar-refractivity contribution in [1.29, 1.82) is 0 Å². The van der Waals surface area contributed by atoms with E-state index in [9.17, 15) is 9.59 Å². The molecule has 0 saturated heterocycles. The number of hydrogen-bond donors (Lipinski definition) is 1. The van der Waals surface area contributed by atoms with Gasteiger partial charge in [-0.15, -0.1) is 0 Å². The van der Waals surface area contributed by atoms with Gasteiger partial charge in [0.05, 0.1) is 18.8 Å². The minimum Gasteiger partial charge on any atom is -0.493 e. The van der Waals surface area contributed by atoms with Crippen LogP contribution >= 0.6 is 0 Å². The van der Waals surface area contributed by atoms with Gasteiger partial charge in [0.15, 0.2) is 17.3 Å². The summed E-state index contributed by atoms with van der Waals surface area (Å²) in [5.41, 5.74) is 2.95. The number of aromatic nitrogens is 1. The van der Waals surface area contributed by atoms with Gasteiger partial charge in [0.1, 0.15) is 18.4 Å². The minimum absolute atomic E-state index is 0.0412. The number of pyridine rings is 1. The van der Waals surface area contributed by atoms with Gasteiger partial charge < -0.3 is 14.8 Å². The maximum atomic E-state index is 13.0. The smallest absolute Gasteiger partial charge is 0.268 e.